The van der Waals surface area contributed by atoms with Gasteiger partial charge in [-0.05, 0) is 40.4 Å². The van der Waals surface area contributed by atoms with Crippen LogP contribution in [0.15, 0.2) is 0 Å². The lowest BCUT2D eigenvalue weighted by Gasteiger charge is -2.11. The van der Waals surface area contributed by atoms with Crippen molar-refractivity contribution in [3.63, 3.8) is 0 Å². The molecule has 0 saturated carbocycles. The Morgan fingerprint density at radius 2 is 1.92 bits per heavy atom. The Balaban J connectivity index is 3.66. The predicted molar refractivity (Wildman–Crippen MR) is 50.4 cm³/mol. The molecule has 0 radical (unpaired) electrons. The van der Waals surface area contributed by atoms with Crippen LogP contribution in [0, 0.1) is 0 Å². The first-order valence-electron chi connectivity index (χ1n) is 4.00. The standard InChI is InChI=1S/C7H18N2O2S/c1-7(12(8,10)11)5-4-6-9(2)3/h7H,4-6H2,1-3H3,(H2,8,10,11). The first-order chi connectivity index (χ1) is 5.34. The van der Waals surface area contributed by atoms with Crippen LogP contribution in [0.2, 0.25) is 0 Å². The summed E-state index contributed by atoms with van der Waals surface area (Å²) in [5.41, 5.74) is 0. The molecule has 4 nitrogen and oxygen atoms in total. The fourth-order valence-electron chi connectivity index (χ4n) is 0.859. The molecule has 0 aromatic heterocycles. The first-order valence-corrected chi connectivity index (χ1v) is 5.61. The number of rotatable bonds is 5. The Bertz CT molecular complexity index is 211. The fraction of sp³-hybridized carbons (Fsp3) is 1.00. The average Bonchev–Trinajstić information content (AvgIpc) is 1.84. The van der Waals surface area contributed by atoms with Crippen LogP contribution >= 0.6 is 0 Å². The molecule has 0 amide bonds. The Labute approximate surface area is 74.8 Å². The Kier molecular flexibility index (Phi) is 4.74. The zero-order valence-corrected chi connectivity index (χ0v) is 8.76. The molecule has 0 spiro atoms. The van der Waals surface area contributed by atoms with E-state index in [2.05, 4.69) is 0 Å². The summed E-state index contributed by atoms with van der Waals surface area (Å²) in [5.74, 6) is 0. The van der Waals surface area contributed by atoms with E-state index in [0.717, 1.165) is 13.0 Å². The predicted octanol–water partition coefficient (Wildman–Crippen LogP) is 0.00520. The van der Waals surface area contributed by atoms with Gasteiger partial charge in [0.15, 0.2) is 0 Å². The molecular weight excluding hydrogens is 176 g/mol. The van der Waals surface area contributed by atoms with Crippen LogP contribution in [-0.4, -0.2) is 39.2 Å². The van der Waals surface area contributed by atoms with Gasteiger partial charge in [-0.3, -0.25) is 0 Å². The topological polar surface area (TPSA) is 63.4 Å². The van der Waals surface area contributed by atoms with Gasteiger partial charge in [-0.15, -0.1) is 0 Å². The molecule has 2 N–H and O–H groups in total. The minimum absolute atomic E-state index is 0.419. The van der Waals surface area contributed by atoms with E-state index >= 15 is 0 Å². The van der Waals surface area contributed by atoms with Gasteiger partial charge in [0.05, 0.1) is 5.25 Å². The number of hydrogen-bond acceptors (Lipinski definition) is 3. The lowest BCUT2D eigenvalue weighted by atomic mass is 10.2. The van der Waals surface area contributed by atoms with E-state index < -0.39 is 15.3 Å². The highest BCUT2D eigenvalue weighted by molar-refractivity contribution is 7.89. The SMILES string of the molecule is CC(CCCN(C)C)S(N)(=O)=O. The zero-order valence-electron chi connectivity index (χ0n) is 7.95. The first kappa shape index (κ1) is 11.9. The zero-order chi connectivity index (χ0) is 9.78. The van der Waals surface area contributed by atoms with Gasteiger partial charge >= 0.3 is 0 Å². The summed E-state index contributed by atoms with van der Waals surface area (Å²) in [6.45, 7) is 2.55. The molecule has 0 saturated heterocycles. The number of sulfonamides is 1. The molecule has 0 aliphatic carbocycles. The van der Waals surface area contributed by atoms with Crippen molar-refractivity contribution in [2.24, 2.45) is 5.14 Å². The summed E-state index contributed by atoms with van der Waals surface area (Å²) >= 11 is 0. The van der Waals surface area contributed by atoms with Crippen molar-refractivity contribution in [2.75, 3.05) is 20.6 Å². The third-order valence-corrected chi connectivity index (χ3v) is 3.13. The molecular formula is C7H18N2O2S. The van der Waals surface area contributed by atoms with Crippen molar-refractivity contribution in [2.45, 2.75) is 25.0 Å². The molecule has 0 aromatic carbocycles. The molecule has 0 fully saturated rings. The van der Waals surface area contributed by atoms with E-state index in [1.165, 1.54) is 0 Å². The van der Waals surface area contributed by atoms with Crippen molar-refractivity contribution in [1.82, 2.24) is 4.90 Å². The van der Waals surface area contributed by atoms with Crippen LogP contribution in [0.4, 0.5) is 0 Å². The number of nitrogens with two attached hydrogens (primary N) is 1. The van der Waals surface area contributed by atoms with Crippen LogP contribution in [0.5, 0.6) is 0 Å². The summed E-state index contributed by atoms with van der Waals surface area (Å²) in [4.78, 5) is 2.02. The second-order valence-corrected chi connectivity index (χ2v) is 5.33. The number of hydrogen-bond donors (Lipinski definition) is 1. The fourth-order valence-corrected chi connectivity index (χ4v) is 1.35. The normalized spacial score (nSPS) is 15.1. The summed E-state index contributed by atoms with van der Waals surface area (Å²) in [5, 5.41) is 4.54. The molecule has 0 heterocycles. The number of nitrogens with zero attached hydrogens (tertiary/aromatic N) is 1. The van der Waals surface area contributed by atoms with Crippen molar-refractivity contribution in [3.05, 3.63) is 0 Å². The Morgan fingerprint density at radius 1 is 1.42 bits per heavy atom. The Hall–Kier alpha value is -0.130. The minimum Gasteiger partial charge on any atom is -0.309 e. The molecule has 5 heteroatoms. The van der Waals surface area contributed by atoms with Crippen LogP contribution in [-0.2, 0) is 10.0 Å². The average molecular weight is 194 g/mol. The summed E-state index contributed by atoms with van der Waals surface area (Å²) in [6.07, 6.45) is 1.50. The lowest BCUT2D eigenvalue weighted by molar-refractivity contribution is 0.393. The van der Waals surface area contributed by atoms with Gasteiger partial charge in [-0.1, -0.05) is 0 Å². The van der Waals surface area contributed by atoms with Crippen molar-refractivity contribution < 1.29 is 8.42 Å². The molecule has 0 rings (SSSR count). The molecule has 0 aliphatic heterocycles. The van der Waals surface area contributed by atoms with E-state index in [0.29, 0.717) is 6.42 Å². The van der Waals surface area contributed by atoms with E-state index in [1.54, 1.807) is 6.92 Å². The van der Waals surface area contributed by atoms with Crippen molar-refractivity contribution in [3.8, 4) is 0 Å². The second kappa shape index (κ2) is 4.79. The molecule has 12 heavy (non-hydrogen) atoms. The third kappa shape index (κ3) is 5.51. The quantitative estimate of drug-likeness (QED) is 0.670. The number of primary sulfonamides is 1. The van der Waals surface area contributed by atoms with Crippen LogP contribution < -0.4 is 5.14 Å². The van der Waals surface area contributed by atoms with Gasteiger partial charge in [0.1, 0.15) is 0 Å². The Morgan fingerprint density at radius 3 is 2.25 bits per heavy atom. The maximum absolute atomic E-state index is 10.8. The van der Waals surface area contributed by atoms with Gasteiger partial charge < -0.3 is 4.90 Å². The van der Waals surface area contributed by atoms with Crippen LogP contribution in [0.1, 0.15) is 19.8 Å². The summed E-state index contributed by atoms with van der Waals surface area (Å²) < 4.78 is 21.5. The summed E-state index contributed by atoms with van der Waals surface area (Å²) in [7, 11) is 0.601. The molecule has 74 valence electrons. The molecule has 0 aliphatic rings. The highest BCUT2D eigenvalue weighted by atomic mass is 32.2. The third-order valence-electron chi connectivity index (χ3n) is 1.78. The summed E-state index contributed by atoms with van der Waals surface area (Å²) in [6, 6.07) is 0. The van der Waals surface area contributed by atoms with E-state index in [4.69, 9.17) is 5.14 Å². The van der Waals surface area contributed by atoms with Crippen molar-refractivity contribution >= 4 is 10.0 Å². The van der Waals surface area contributed by atoms with Gasteiger partial charge in [0, 0.05) is 0 Å². The highest BCUT2D eigenvalue weighted by Gasteiger charge is 2.14. The molecule has 1 atom stereocenters. The maximum atomic E-state index is 10.8. The maximum Gasteiger partial charge on any atom is 0.211 e. The van der Waals surface area contributed by atoms with Gasteiger partial charge in [0.2, 0.25) is 10.0 Å². The monoisotopic (exact) mass is 194 g/mol. The lowest BCUT2D eigenvalue weighted by Crippen LogP contribution is -2.26. The second-order valence-electron chi connectivity index (χ2n) is 3.35. The van der Waals surface area contributed by atoms with E-state index in [9.17, 15) is 8.42 Å². The largest absolute Gasteiger partial charge is 0.309 e. The smallest absolute Gasteiger partial charge is 0.211 e. The van der Waals surface area contributed by atoms with Crippen LogP contribution in [0.25, 0.3) is 0 Å². The van der Waals surface area contributed by atoms with Gasteiger partial charge in [-0.2, -0.15) is 0 Å². The van der Waals surface area contributed by atoms with Gasteiger partial charge in [-0.25, -0.2) is 13.6 Å². The molecule has 0 aromatic rings. The molecule has 1 unspecified atom stereocenters. The van der Waals surface area contributed by atoms with Crippen LogP contribution in [0.3, 0.4) is 0 Å². The minimum atomic E-state index is -3.32. The van der Waals surface area contributed by atoms with Crippen molar-refractivity contribution in [1.29, 1.82) is 0 Å². The molecule has 0 bridgehead atoms. The highest BCUT2D eigenvalue weighted by Crippen LogP contribution is 2.04. The van der Waals surface area contributed by atoms with Gasteiger partial charge in [0.25, 0.3) is 0 Å². The van der Waals surface area contributed by atoms with E-state index in [-0.39, 0.29) is 0 Å². The van der Waals surface area contributed by atoms with E-state index in [1.807, 2.05) is 19.0 Å².